The Kier molecular flexibility index (Phi) is 5.59. The van der Waals surface area contributed by atoms with Gasteiger partial charge in [0.2, 0.25) is 0 Å². The third-order valence-electron chi connectivity index (χ3n) is 1.26. The molecule has 0 fully saturated rings. The Morgan fingerprint density at radius 2 is 1.77 bits per heavy atom. The number of hydrogen-bond acceptors (Lipinski definition) is 2. The number of aryl methyl sites for hydroxylation is 1. The maximum Gasteiger partial charge on any atom is 0.119 e. The lowest BCUT2D eigenvalue weighted by atomic mass is 10.5. The highest BCUT2D eigenvalue weighted by molar-refractivity contribution is 7.75. The SMILES string of the molecule is CCC.Cc1ccc(P(C)(C)=O)s1. The van der Waals surface area contributed by atoms with Gasteiger partial charge in [0.15, 0.2) is 0 Å². The molecule has 0 aliphatic heterocycles. The van der Waals surface area contributed by atoms with Crippen LogP contribution in [0.2, 0.25) is 0 Å². The molecule has 0 radical (unpaired) electrons. The predicted octanol–water partition coefficient (Wildman–Crippen LogP) is 3.72. The Hall–Kier alpha value is -0.0700. The van der Waals surface area contributed by atoms with E-state index in [1.54, 1.807) is 24.7 Å². The van der Waals surface area contributed by atoms with Crippen molar-refractivity contribution in [3.05, 3.63) is 17.0 Å². The smallest absolute Gasteiger partial charge is 0.119 e. The summed E-state index contributed by atoms with van der Waals surface area (Å²) >= 11 is 1.63. The molecule has 0 aromatic carbocycles. The van der Waals surface area contributed by atoms with E-state index in [9.17, 15) is 4.57 Å². The van der Waals surface area contributed by atoms with E-state index in [1.165, 1.54) is 11.3 Å². The molecule has 1 aromatic heterocycles. The Morgan fingerprint density at radius 1 is 1.31 bits per heavy atom. The van der Waals surface area contributed by atoms with Gasteiger partial charge in [0.1, 0.15) is 7.14 Å². The summed E-state index contributed by atoms with van der Waals surface area (Å²) in [6.45, 7) is 9.89. The number of thiophene rings is 1. The lowest BCUT2D eigenvalue weighted by Crippen LogP contribution is -1.93. The summed E-state index contributed by atoms with van der Waals surface area (Å²) in [6, 6.07) is 3.97. The van der Waals surface area contributed by atoms with E-state index >= 15 is 0 Å². The van der Waals surface area contributed by atoms with Crippen molar-refractivity contribution < 1.29 is 4.57 Å². The average molecular weight is 218 g/mol. The predicted molar refractivity (Wildman–Crippen MR) is 64.1 cm³/mol. The minimum absolute atomic E-state index is 1.03. The van der Waals surface area contributed by atoms with E-state index in [0.29, 0.717) is 0 Å². The lowest BCUT2D eigenvalue weighted by molar-refractivity contribution is 0.588. The van der Waals surface area contributed by atoms with Crippen molar-refractivity contribution in [1.82, 2.24) is 0 Å². The molecule has 13 heavy (non-hydrogen) atoms. The van der Waals surface area contributed by atoms with Crippen molar-refractivity contribution in [2.24, 2.45) is 0 Å². The topological polar surface area (TPSA) is 17.1 Å². The zero-order chi connectivity index (χ0) is 10.5. The second-order valence-electron chi connectivity index (χ2n) is 3.44. The highest BCUT2D eigenvalue weighted by Gasteiger charge is 2.11. The van der Waals surface area contributed by atoms with Gasteiger partial charge in [-0.15, -0.1) is 11.3 Å². The molecule has 0 bridgehead atoms. The van der Waals surface area contributed by atoms with Crippen LogP contribution in [-0.4, -0.2) is 13.3 Å². The molecule has 0 saturated carbocycles. The van der Waals surface area contributed by atoms with Crippen LogP contribution in [0.4, 0.5) is 0 Å². The Balaban J connectivity index is 0.000000424. The first-order chi connectivity index (χ1) is 5.91. The van der Waals surface area contributed by atoms with Crippen molar-refractivity contribution in [3.8, 4) is 0 Å². The van der Waals surface area contributed by atoms with Gasteiger partial charge < -0.3 is 4.57 Å². The molecular weight excluding hydrogens is 199 g/mol. The molecule has 3 heteroatoms. The first-order valence-corrected chi connectivity index (χ1v) is 7.95. The fourth-order valence-electron chi connectivity index (χ4n) is 0.711. The Morgan fingerprint density at radius 3 is 1.92 bits per heavy atom. The van der Waals surface area contributed by atoms with Crippen LogP contribution in [0.15, 0.2) is 12.1 Å². The molecule has 1 heterocycles. The van der Waals surface area contributed by atoms with E-state index < -0.39 is 7.14 Å². The largest absolute Gasteiger partial charge is 0.318 e. The van der Waals surface area contributed by atoms with E-state index in [-0.39, 0.29) is 0 Å². The number of hydrogen-bond donors (Lipinski definition) is 0. The molecule has 0 N–H and O–H groups in total. The minimum Gasteiger partial charge on any atom is -0.318 e. The molecule has 0 saturated heterocycles. The fourth-order valence-corrected chi connectivity index (χ4v) is 3.06. The van der Waals surface area contributed by atoms with Crippen LogP contribution in [-0.2, 0) is 4.57 Å². The van der Waals surface area contributed by atoms with Gasteiger partial charge in [0.25, 0.3) is 0 Å². The molecule has 0 amide bonds. The van der Waals surface area contributed by atoms with E-state index in [0.717, 1.165) is 4.62 Å². The summed E-state index contributed by atoms with van der Waals surface area (Å²) in [7, 11) is -1.98. The summed E-state index contributed by atoms with van der Waals surface area (Å²) in [5.74, 6) is 0. The van der Waals surface area contributed by atoms with Crippen LogP contribution in [0.1, 0.15) is 25.1 Å². The van der Waals surface area contributed by atoms with Gasteiger partial charge in [0, 0.05) is 4.88 Å². The molecule has 0 aliphatic carbocycles. The average Bonchev–Trinajstić information content (AvgIpc) is 2.35. The van der Waals surface area contributed by atoms with Crippen LogP contribution < -0.4 is 4.62 Å². The molecule has 76 valence electrons. The van der Waals surface area contributed by atoms with Gasteiger partial charge in [0.05, 0.1) is 4.62 Å². The first-order valence-electron chi connectivity index (χ1n) is 4.53. The monoisotopic (exact) mass is 218 g/mol. The summed E-state index contributed by atoms with van der Waals surface area (Å²) in [6.07, 6.45) is 1.25. The molecule has 0 aliphatic rings. The van der Waals surface area contributed by atoms with Crippen molar-refractivity contribution in [3.63, 3.8) is 0 Å². The van der Waals surface area contributed by atoms with Crippen LogP contribution in [0, 0.1) is 6.92 Å². The molecule has 0 unspecified atom stereocenters. The van der Waals surface area contributed by atoms with Crippen LogP contribution >= 0.6 is 18.5 Å². The highest BCUT2D eigenvalue weighted by atomic mass is 32.1. The Labute approximate surface area is 85.6 Å². The maximum atomic E-state index is 11.4. The molecular formula is C10H19OPS. The summed E-state index contributed by atoms with van der Waals surface area (Å²) in [5, 5.41) is 0. The van der Waals surface area contributed by atoms with Crippen molar-refractivity contribution in [1.29, 1.82) is 0 Å². The summed E-state index contributed by atoms with van der Waals surface area (Å²) in [5.41, 5.74) is 0. The van der Waals surface area contributed by atoms with Gasteiger partial charge in [-0.3, -0.25) is 0 Å². The second-order valence-corrected chi connectivity index (χ2v) is 8.22. The van der Waals surface area contributed by atoms with E-state index in [4.69, 9.17) is 0 Å². The zero-order valence-corrected chi connectivity index (χ0v) is 10.8. The molecule has 0 spiro atoms. The van der Waals surface area contributed by atoms with E-state index in [2.05, 4.69) is 13.8 Å². The fraction of sp³-hybridized carbons (Fsp3) is 0.600. The van der Waals surface area contributed by atoms with Gasteiger partial charge in [-0.1, -0.05) is 20.3 Å². The van der Waals surface area contributed by atoms with Crippen LogP contribution in [0.25, 0.3) is 0 Å². The number of rotatable bonds is 1. The standard InChI is InChI=1S/C7H11OPS.C3H8/c1-6-4-5-7(10-6)9(2,3)8;1-3-2/h4-5H,1-3H3;3H2,1-2H3. The van der Waals surface area contributed by atoms with Gasteiger partial charge in [-0.2, -0.15) is 0 Å². The second kappa shape index (κ2) is 5.62. The van der Waals surface area contributed by atoms with Gasteiger partial charge in [-0.05, 0) is 32.4 Å². The molecule has 1 nitrogen and oxygen atoms in total. The summed E-state index contributed by atoms with van der Waals surface area (Å²) in [4.78, 5) is 1.24. The molecule has 1 rings (SSSR count). The van der Waals surface area contributed by atoms with Gasteiger partial charge in [-0.25, -0.2) is 0 Å². The highest BCUT2D eigenvalue weighted by Crippen LogP contribution is 2.37. The minimum atomic E-state index is -1.98. The summed E-state index contributed by atoms with van der Waals surface area (Å²) < 4.78 is 12.5. The third kappa shape index (κ3) is 5.28. The van der Waals surface area contributed by atoms with Crippen LogP contribution in [0.5, 0.6) is 0 Å². The van der Waals surface area contributed by atoms with Crippen molar-refractivity contribution >= 4 is 23.1 Å². The molecule has 0 atom stereocenters. The Bertz CT molecular complexity index is 285. The maximum absolute atomic E-state index is 11.4. The lowest BCUT2D eigenvalue weighted by Gasteiger charge is -1.99. The normalized spacial score (nSPS) is 10.5. The zero-order valence-electron chi connectivity index (χ0n) is 9.13. The van der Waals surface area contributed by atoms with Crippen molar-refractivity contribution in [2.75, 3.05) is 13.3 Å². The first kappa shape index (κ1) is 12.9. The third-order valence-corrected chi connectivity index (χ3v) is 4.86. The van der Waals surface area contributed by atoms with E-state index in [1.807, 2.05) is 19.1 Å². The molecule has 1 aromatic rings. The quantitative estimate of drug-likeness (QED) is 0.656. The van der Waals surface area contributed by atoms with Crippen molar-refractivity contribution in [2.45, 2.75) is 27.2 Å². The van der Waals surface area contributed by atoms with Crippen LogP contribution in [0.3, 0.4) is 0 Å². The van der Waals surface area contributed by atoms with Gasteiger partial charge >= 0.3 is 0 Å².